The van der Waals surface area contributed by atoms with Gasteiger partial charge in [0.1, 0.15) is 0 Å². The minimum atomic E-state index is -0.817. The van der Waals surface area contributed by atoms with Gasteiger partial charge in [0.2, 0.25) is 0 Å². The third kappa shape index (κ3) is 3.05. The van der Waals surface area contributed by atoms with Crippen molar-refractivity contribution in [3.63, 3.8) is 0 Å². The molecule has 1 aliphatic rings. The predicted octanol–water partition coefficient (Wildman–Crippen LogP) is 1.35. The van der Waals surface area contributed by atoms with Crippen LogP contribution in [0.4, 0.5) is 0 Å². The lowest BCUT2D eigenvalue weighted by atomic mass is 9.90. The maximum atomic E-state index is 10.4. The Morgan fingerprint density at radius 1 is 1.00 bits per heavy atom. The first-order valence-corrected chi connectivity index (χ1v) is 4.53. The third-order valence-corrected chi connectivity index (χ3v) is 2.69. The quantitative estimate of drug-likeness (QED) is 0.695. The van der Waals surface area contributed by atoms with E-state index in [1.54, 1.807) is 0 Å². The Morgan fingerprint density at radius 2 is 1.38 bits per heavy atom. The Kier molecular flexibility index (Phi) is 3.28. The summed E-state index contributed by atoms with van der Waals surface area (Å²) >= 11 is 0. The molecule has 74 valence electrons. The summed E-state index contributed by atoms with van der Waals surface area (Å²) in [6.45, 7) is 0. The normalized spacial score (nSPS) is 27.4. The number of hydrogen-bond acceptors (Lipinski definition) is 2. The van der Waals surface area contributed by atoms with Gasteiger partial charge in [-0.05, 0) is 24.7 Å². The van der Waals surface area contributed by atoms with E-state index in [-0.39, 0.29) is 24.7 Å². The van der Waals surface area contributed by atoms with E-state index in [4.69, 9.17) is 10.2 Å². The van der Waals surface area contributed by atoms with Gasteiger partial charge in [-0.25, -0.2) is 0 Å². The first-order chi connectivity index (χ1) is 6.09. The molecule has 1 saturated carbocycles. The van der Waals surface area contributed by atoms with Gasteiger partial charge < -0.3 is 10.2 Å². The lowest BCUT2D eigenvalue weighted by Crippen LogP contribution is -2.16. The average Bonchev–Trinajstić information content (AvgIpc) is 2.34. The van der Waals surface area contributed by atoms with Crippen molar-refractivity contribution in [3.8, 4) is 0 Å². The van der Waals surface area contributed by atoms with Crippen LogP contribution in [0.15, 0.2) is 0 Å². The van der Waals surface area contributed by atoms with Crippen molar-refractivity contribution in [2.24, 2.45) is 11.8 Å². The Bertz CT molecular complexity index is 190. The molecule has 0 heterocycles. The van der Waals surface area contributed by atoms with E-state index in [1.165, 1.54) is 0 Å². The Balaban J connectivity index is 2.43. The summed E-state index contributed by atoms with van der Waals surface area (Å²) in [4.78, 5) is 20.9. The zero-order valence-corrected chi connectivity index (χ0v) is 7.40. The van der Waals surface area contributed by atoms with Crippen molar-refractivity contribution in [3.05, 3.63) is 0 Å². The van der Waals surface area contributed by atoms with Gasteiger partial charge in [-0.3, -0.25) is 9.59 Å². The lowest BCUT2D eigenvalue weighted by molar-refractivity contribution is -0.141. The van der Waals surface area contributed by atoms with Crippen LogP contribution in [0.2, 0.25) is 0 Å². The van der Waals surface area contributed by atoms with Gasteiger partial charge in [0.05, 0.1) is 0 Å². The molecule has 4 nitrogen and oxygen atoms in total. The van der Waals surface area contributed by atoms with Crippen LogP contribution in [-0.2, 0) is 9.59 Å². The third-order valence-electron chi connectivity index (χ3n) is 2.69. The molecule has 0 bridgehead atoms. The molecule has 2 atom stereocenters. The number of carboxylic acid groups (broad SMARTS) is 2. The second-order valence-corrected chi connectivity index (χ2v) is 3.65. The number of carbonyl (C=O) groups is 2. The SMILES string of the molecule is O=C(O)C[C@@H]1CCC[C@H]1CC(=O)O. The van der Waals surface area contributed by atoms with E-state index in [0.29, 0.717) is 0 Å². The molecular formula is C9H14O4. The van der Waals surface area contributed by atoms with Crippen molar-refractivity contribution in [1.82, 2.24) is 0 Å². The van der Waals surface area contributed by atoms with Crippen molar-refractivity contribution < 1.29 is 19.8 Å². The predicted molar refractivity (Wildman–Crippen MR) is 45.3 cm³/mol. The second-order valence-electron chi connectivity index (χ2n) is 3.65. The molecular weight excluding hydrogens is 172 g/mol. The molecule has 0 radical (unpaired) electrons. The van der Waals surface area contributed by atoms with Crippen LogP contribution in [0.5, 0.6) is 0 Å². The van der Waals surface area contributed by atoms with Crippen LogP contribution in [0, 0.1) is 11.8 Å². The monoisotopic (exact) mass is 186 g/mol. The number of rotatable bonds is 4. The minimum absolute atomic E-state index is 0.0774. The molecule has 4 heteroatoms. The van der Waals surface area contributed by atoms with Crippen molar-refractivity contribution in [2.45, 2.75) is 32.1 Å². The highest BCUT2D eigenvalue weighted by atomic mass is 16.4. The first-order valence-electron chi connectivity index (χ1n) is 4.53. The second kappa shape index (κ2) is 4.25. The Morgan fingerprint density at radius 3 is 1.69 bits per heavy atom. The van der Waals surface area contributed by atoms with Crippen LogP contribution < -0.4 is 0 Å². The number of hydrogen-bond donors (Lipinski definition) is 2. The van der Waals surface area contributed by atoms with Crippen LogP contribution in [-0.4, -0.2) is 22.2 Å². The molecule has 0 aromatic heterocycles. The van der Waals surface area contributed by atoms with Gasteiger partial charge in [0.25, 0.3) is 0 Å². The summed E-state index contributed by atoms with van der Waals surface area (Å²) in [5.74, 6) is -1.48. The molecule has 2 N–H and O–H groups in total. The molecule has 1 aliphatic carbocycles. The van der Waals surface area contributed by atoms with E-state index < -0.39 is 11.9 Å². The summed E-state index contributed by atoms with van der Waals surface area (Å²) in [5, 5.41) is 17.2. The highest BCUT2D eigenvalue weighted by molar-refractivity contribution is 5.68. The highest BCUT2D eigenvalue weighted by Gasteiger charge is 2.30. The molecule has 0 amide bonds. The molecule has 0 aliphatic heterocycles. The summed E-state index contributed by atoms with van der Waals surface area (Å²) < 4.78 is 0. The zero-order chi connectivity index (χ0) is 9.84. The highest BCUT2D eigenvalue weighted by Crippen LogP contribution is 2.36. The molecule has 0 aromatic rings. The van der Waals surface area contributed by atoms with E-state index in [2.05, 4.69) is 0 Å². The molecule has 1 fully saturated rings. The van der Waals surface area contributed by atoms with Gasteiger partial charge >= 0.3 is 11.9 Å². The molecule has 0 saturated heterocycles. The van der Waals surface area contributed by atoms with Gasteiger partial charge in [-0.1, -0.05) is 6.42 Å². The first kappa shape index (κ1) is 10.0. The summed E-state index contributed by atoms with van der Waals surface area (Å²) in [5.41, 5.74) is 0. The van der Waals surface area contributed by atoms with Crippen molar-refractivity contribution in [2.75, 3.05) is 0 Å². The summed E-state index contributed by atoms with van der Waals surface area (Å²) in [7, 11) is 0. The van der Waals surface area contributed by atoms with E-state index in [9.17, 15) is 9.59 Å². The van der Waals surface area contributed by atoms with E-state index >= 15 is 0 Å². The standard InChI is InChI=1S/C9H14O4/c10-8(11)4-6-2-1-3-7(6)5-9(12)13/h6-7H,1-5H2,(H,10,11)(H,12,13)/t6-,7-/m0/s1. The minimum Gasteiger partial charge on any atom is -0.481 e. The zero-order valence-electron chi connectivity index (χ0n) is 7.40. The fraction of sp³-hybridized carbons (Fsp3) is 0.778. The van der Waals surface area contributed by atoms with E-state index in [0.717, 1.165) is 19.3 Å². The topological polar surface area (TPSA) is 74.6 Å². The summed E-state index contributed by atoms with van der Waals surface area (Å²) in [6.07, 6.45) is 2.94. The molecule has 0 unspecified atom stereocenters. The molecule has 0 aromatic carbocycles. The Hall–Kier alpha value is -1.06. The van der Waals surface area contributed by atoms with Gasteiger partial charge in [0.15, 0.2) is 0 Å². The molecule has 13 heavy (non-hydrogen) atoms. The van der Waals surface area contributed by atoms with Crippen molar-refractivity contribution >= 4 is 11.9 Å². The smallest absolute Gasteiger partial charge is 0.303 e. The lowest BCUT2D eigenvalue weighted by Gasteiger charge is -2.14. The molecule has 0 spiro atoms. The largest absolute Gasteiger partial charge is 0.481 e. The van der Waals surface area contributed by atoms with Gasteiger partial charge in [-0.15, -0.1) is 0 Å². The fourth-order valence-electron chi connectivity index (χ4n) is 2.10. The van der Waals surface area contributed by atoms with Crippen LogP contribution in [0.25, 0.3) is 0 Å². The number of carboxylic acids is 2. The Labute approximate surface area is 76.6 Å². The molecule has 1 rings (SSSR count). The van der Waals surface area contributed by atoms with Crippen LogP contribution in [0.1, 0.15) is 32.1 Å². The summed E-state index contributed by atoms with van der Waals surface area (Å²) in [6, 6.07) is 0. The van der Waals surface area contributed by atoms with Gasteiger partial charge in [0, 0.05) is 12.8 Å². The fourth-order valence-corrected chi connectivity index (χ4v) is 2.10. The van der Waals surface area contributed by atoms with Gasteiger partial charge in [-0.2, -0.15) is 0 Å². The maximum Gasteiger partial charge on any atom is 0.303 e. The number of aliphatic carboxylic acids is 2. The van der Waals surface area contributed by atoms with Crippen molar-refractivity contribution in [1.29, 1.82) is 0 Å². The van der Waals surface area contributed by atoms with Crippen LogP contribution in [0.3, 0.4) is 0 Å². The van der Waals surface area contributed by atoms with Crippen LogP contribution >= 0.6 is 0 Å². The van der Waals surface area contributed by atoms with E-state index in [1.807, 2.05) is 0 Å². The average molecular weight is 186 g/mol. The maximum absolute atomic E-state index is 10.4.